The molecule has 0 bridgehead atoms. The minimum Gasteiger partial charge on any atom is -0.465 e. The predicted octanol–water partition coefficient (Wildman–Crippen LogP) is 8.28. The van der Waals surface area contributed by atoms with Gasteiger partial charge in [-0.05, 0) is 6.42 Å². The van der Waals surface area contributed by atoms with Gasteiger partial charge in [-0.15, -0.1) is 0 Å². The van der Waals surface area contributed by atoms with Crippen LogP contribution in [0.4, 0.5) is 0 Å². The Morgan fingerprint density at radius 3 is 1.26 bits per heavy atom. The lowest BCUT2D eigenvalue weighted by Crippen LogP contribution is -2.06. The lowest BCUT2D eigenvalue weighted by molar-refractivity contribution is -0.143. The highest BCUT2D eigenvalue weighted by molar-refractivity contribution is 7.80. The highest BCUT2D eigenvalue weighted by Gasteiger charge is 2.01. The molecule has 0 amide bonds. The van der Waals surface area contributed by atoms with Gasteiger partial charge in [-0.3, -0.25) is 4.79 Å². The summed E-state index contributed by atoms with van der Waals surface area (Å²) < 4.78 is 5.01. The van der Waals surface area contributed by atoms with E-state index in [9.17, 15) is 4.79 Å². The molecule has 162 valence electrons. The second kappa shape index (κ2) is 23.9. The van der Waals surface area contributed by atoms with Crippen molar-refractivity contribution in [3.05, 3.63) is 0 Å². The summed E-state index contributed by atoms with van der Waals surface area (Å²) in [6.07, 6.45) is 26.7. The second-order valence-electron chi connectivity index (χ2n) is 8.06. The molecule has 0 saturated heterocycles. The molecule has 0 saturated carbocycles. The minimum atomic E-state index is -0.0592. The Kier molecular flexibility index (Phi) is 23.7. The maximum absolute atomic E-state index is 11.3. The number of carbonyl (C=O) groups is 1. The van der Waals surface area contributed by atoms with E-state index in [0.29, 0.717) is 18.8 Å². The Morgan fingerprint density at radius 1 is 0.593 bits per heavy atom. The SMILES string of the molecule is CCCCCCCCCCCCCCCCCCCCCC(=O)OCCS. The first-order valence-corrected chi connectivity index (χ1v) is 12.7. The molecule has 0 aromatic carbocycles. The maximum atomic E-state index is 11.3. The van der Waals surface area contributed by atoms with Crippen LogP contribution in [0.5, 0.6) is 0 Å². The number of esters is 1. The number of unbranched alkanes of at least 4 members (excludes halogenated alkanes) is 18. The first-order valence-electron chi connectivity index (χ1n) is 12.1. The zero-order chi connectivity index (χ0) is 19.8. The predicted molar refractivity (Wildman–Crippen MR) is 123 cm³/mol. The number of carbonyl (C=O) groups excluding carboxylic acids is 1. The first kappa shape index (κ1) is 26.8. The van der Waals surface area contributed by atoms with Crippen LogP contribution in [0.1, 0.15) is 135 Å². The summed E-state index contributed by atoms with van der Waals surface area (Å²) in [6.45, 7) is 2.73. The van der Waals surface area contributed by atoms with Crippen molar-refractivity contribution in [3.63, 3.8) is 0 Å². The monoisotopic (exact) mass is 400 g/mol. The summed E-state index contributed by atoms with van der Waals surface area (Å²) in [5, 5.41) is 0. The molecule has 0 aromatic rings. The van der Waals surface area contributed by atoms with Gasteiger partial charge < -0.3 is 4.74 Å². The zero-order valence-corrected chi connectivity index (χ0v) is 19.2. The quantitative estimate of drug-likeness (QED) is 0.112. The van der Waals surface area contributed by atoms with Crippen LogP contribution in [-0.4, -0.2) is 18.3 Å². The molecule has 0 atom stereocenters. The van der Waals surface area contributed by atoms with E-state index >= 15 is 0 Å². The second-order valence-corrected chi connectivity index (χ2v) is 8.51. The van der Waals surface area contributed by atoms with Crippen molar-refractivity contribution < 1.29 is 9.53 Å². The molecule has 27 heavy (non-hydrogen) atoms. The van der Waals surface area contributed by atoms with Gasteiger partial charge in [0.1, 0.15) is 6.61 Å². The normalized spacial score (nSPS) is 11.0. The van der Waals surface area contributed by atoms with E-state index in [1.165, 1.54) is 109 Å². The molecule has 0 aliphatic rings. The van der Waals surface area contributed by atoms with Gasteiger partial charge in [-0.1, -0.05) is 122 Å². The van der Waals surface area contributed by atoms with E-state index in [1.54, 1.807) is 0 Å². The third kappa shape index (κ3) is 23.8. The van der Waals surface area contributed by atoms with Crippen LogP contribution >= 0.6 is 12.6 Å². The van der Waals surface area contributed by atoms with Crippen LogP contribution in [0.3, 0.4) is 0 Å². The van der Waals surface area contributed by atoms with E-state index in [-0.39, 0.29) is 5.97 Å². The molecule has 0 heterocycles. The summed E-state index contributed by atoms with van der Waals surface area (Å²) >= 11 is 4.03. The fraction of sp³-hybridized carbons (Fsp3) is 0.958. The van der Waals surface area contributed by atoms with Crippen LogP contribution < -0.4 is 0 Å². The summed E-state index contributed by atoms with van der Waals surface area (Å²) in [5.41, 5.74) is 0. The van der Waals surface area contributed by atoms with Gasteiger partial charge >= 0.3 is 5.97 Å². The average molecular weight is 401 g/mol. The molecule has 0 aromatic heterocycles. The van der Waals surface area contributed by atoms with Crippen molar-refractivity contribution in [2.45, 2.75) is 135 Å². The zero-order valence-electron chi connectivity index (χ0n) is 18.3. The molecule has 0 rings (SSSR count). The smallest absolute Gasteiger partial charge is 0.305 e. The Labute approximate surface area is 176 Å². The molecule has 0 unspecified atom stereocenters. The lowest BCUT2D eigenvalue weighted by Gasteiger charge is -2.04. The molecule has 2 nitrogen and oxygen atoms in total. The average Bonchev–Trinajstić information content (AvgIpc) is 2.68. The molecule has 0 fully saturated rings. The highest BCUT2D eigenvalue weighted by atomic mass is 32.1. The van der Waals surface area contributed by atoms with E-state index in [4.69, 9.17) is 4.74 Å². The molecule has 0 radical (unpaired) electrons. The lowest BCUT2D eigenvalue weighted by atomic mass is 10.0. The third-order valence-electron chi connectivity index (χ3n) is 5.34. The molecule has 0 N–H and O–H groups in total. The van der Waals surface area contributed by atoms with E-state index in [2.05, 4.69) is 19.6 Å². The van der Waals surface area contributed by atoms with Crippen molar-refractivity contribution in [2.75, 3.05) is 12.4 Å². The highest BCUT2D eigenvalue weighted by Crippen LogP contribution is 2.14. The number of hydrogen-bond acceptors (Lipinski definition) is 3. The van der Waals surface area contributed by atoms with Gasteiger partial charge in [0.25, 0.3) is 0 Å². The number of rotatable bonds is 22. The Morgan fingerprint density at radius 2 is 0.926 bits per heavy atom. The fourth-order valence-corrected chi connectivity index (χ4v) is 3.67. The molecule has 0 aliphatic carbocycles. The molecule has 3 heteroatoms. The van der Waals surface area contributed by atoms with Gasteiger partial charge in [-0.25, -0.2) is 0 Å². The third-order valence-corrected chi connectivity index (χ3v) is 5.52. The van der Waals surface area contributed by atoms with Crippen molar-refractivity contribution >= 4 is 18.6 Å². The standard InChI is InChI=1S/C24H48O2S/c1-2-3-4-5-6-7-8-9-10-11-12-13-14-15-16-17-18-19-20-21-24(25)26-22-23-27/h27H,2-23H2,1H3. The van der Waals surface area contributed by atoms with Crippen LogP contribution in [0.25, 0.3) is 0 Å². The van der Waals surface area contributed by atoms with E-state index < -0.39 is 0 Å². The fourth-order valence-electron chi connectivity index (χ4n) is 3.58. The number of hydrogen-bond donors (Lipinski definition) is 1. The number of ether oxygens (including phenoxy) is 1. The first-order chi connectivity index (χ1) is 13.3. The minimum absolute atomic E-state index is 0.0592. The summed E-state index contributed by atoms with van der Waals surface area (Å²) in [4.78, 5) is 11.3. The van der Waals surface area contributed by atoms with Crippen LogP contribution in [0.15, 0.2) is 0 Å². The molecular formula is C24H48O2S. The Balaban J connectivity index is 3.04. The van der Waals surface area contributed by atoms with Gasteiger partial charge in [0.2, 0.25) is 0 Å². The van der Waals surface area contributed by atoms with Gasteiger partial charge in [0, 0.05) is 12.2 Å². The van der Waals surface area contributed by atoms with Crippen LogP contribution in [0.2, 0.25) is 0 Å². The molecule has 0 spiro atoms. The molecule has 0 aliphatic heterocycles. The van der Waals surface area contributed by atoms with Crippen molar-refractivity contribution in [2.24, 2.45) is 0 Å². The van der Waals surface area contributed by atoms with Gasteiger partial charge in [-0.2, -0.15) is 12.6 Å². The van der Waals surface area contributed by atoms with Gasteiger partial charge in [0.05, 0.1) is 0 Å². The van der Waals surface area contributed by atoms with Crippen molar-refractivity contribution in [1.29, 1.82) is 0 Å². The summed E-state index contributed by atoms with van der Waals surface area (Å²) in [6, 6.07) is 0. The van der Waals surface area contributed by atoms with E-state index in [0.717, 1.165) is 12.8 Å². The maximum Gasteiger partial charge on any atom is 0.305 e. The van der Waals surface area contributed by atoms with Crippen LogP contribution in [-0.2, 0) is 9.53 Å². The Bertz CT molecular complexity index is 294. The van der Waals surface area contributed by atoms with Gasteiger partial charge in [0.15, 0.2) is 0 Å². The summed E-state index contributed by atoms with van der Waals surface area (Å²) in [7, 11) is 0. The number of thiol groups is 1. The van der Waals surface area contributed by atoms with E-state index in [1.807, 2.05) is 0 Å². The van der Waals surface area contributed by atoms with Crippen LogP contribution in [0, 0.1) is 0 Å². The largest absolute Gasteiger partial charge is 0.465 e. The van der Waals surface area contributed by atoms with Crippen molar-refractivity contribution in [3.8, 4) is 0 Å². The Hall–Kier alpha value is -0.180. The molecular weight excluding hydrogens is 352 g/mol. The summed E-state index contributed by atoms with van der Waals surface area (Å²) in [5.74, 6) is 0.557. The topological polar surface area (TPSA) is 26.3 Å². The van der Waals surface area contributed by atoms with Crippen molar-refractivity contribution in [1.82, 2.24) is 0 Å².